The van der Waals surface area contributed by atoms with Gasteiger partial charge in [0.1, 0.15) is 5.52 Å². The average Bonchev–Trinajstić information content (AvgIpc) is 3.12. The third-order valence-corrected chi connectivity index (χ3v) is 3.64. The topological polar surface area (TPSA) is 66.6 Å². The molecule has 1 aromatic carbocycles. The third kappa shape index (κ3) is 2.48. The van der Waals surface area contributed by atoms with E-state index in [1.807, 2.05) is 0 Å². The van der Waals surface area contributed by atoms with Gasteiger partial charge in [0.15, 0.2) is 5.58 Å². The first-order valence-corrected chi connectivity index (χ1v) is 6.95. The first-order chi connectivity index (χ1) is 9.54. The number of carboxylic acid groups (broad SMARTS) is 1. The summed E-state index contributed by atoms with van der Waals surface area (Å²) in [6.45, 7) is 5.18. The molecule has 1 aromatic heterocycles. The lowest BCUT2D eigenvalue weighted by Gasteiger charge is -2.24. The van der Waals surface area contributed by atoms with Gasteiger partial charge in [-0.3, -0.25) is 0 Å². The van der Waals surface area contributed by atoms with E-state index in [9.17, 15) is 4.79 Å². The van der Waals surface area contributed by atoms with Crippen molar-refractivity contribution < 1.29 is 14.3 Å². The fraction of sp³-hybridized carbons (Fsp3) is 0.467. The van der Waals surface area contributed by atoms with E-state index in [1.165, 1.54) is 18.9 Å². The van der Waals surface area contributed by atoms with Gasteiger partial charge < -0.3 is 14.4 Å². The van der Waals surface area contributed by atoms with Crippen LogP contribution in [0.15, 0.2) is 22.6 Å². The van der Waals surface area contributed by atoms with Crippen molar-refractivity contribution in [3.05, 3.63) is 23.8 Å². The number of aromatic carboxylic acids is 1. The number of nitrogens with zero attached hydrogens (tertiary/aromatic N) is 2. The van der Waals surface area contributed by atoms with E-state index in [0.717, 1.165) is 12.5 Å². The number of anilines is 1. The Hall–Kier alpha value is -2.04. The number of fused-ring (bicyclic) bond motifs is 1. The summed E-state index contributed by atoms with van der Waals surface area (Å²) in [7, 11) is 0. The van der Waals surface area contributed by atoms with Crippen molar-refractivity contribution in [2.24, 2.45) is 5.92 Å². The first-order valence-electron chi connectivity index (χ1n) is 6.95. The Labute approximate surface area is 117 Å². The number of carbonyl (C=O) groups is 1. The van der Waals surface area contributed by atoms with Crippen molar-refractivity contribution >= 4 is 23.1 Å². The lowest BCUT2D eigenvalue weighted by atomic mass is 10.2. The van der Waals surface area contributed by atoms with Crippen LogP contribution in [0.3, 0.4) is 0 Å². The summed E-state index contributed by atoms with van der Waals surface area (Å²) in [5, 5.41) is 9.00. The van der Waals surface area contributed by atoms with E-state index in [1.54, 1.807) is 12.1 Å². The van der Waals surface area contributed by atoms with Crippen molar-refractivity contribution in [3.63, 3.8) is 0 Å². The van der Waals surface area contributed by atoms with E-state index in [4.69, 9.17) is 9.52 Å². The highest BCUT2D eigenvalue weighted by Crippen LogP contribution is 2.33. The zero-order chi connectivity index (χ0) is 14.3. The minimum Gasteiger partial charge on any atom is -0.478 e. The van der Waals surface area contributed by atoms with Gasteiger partial charge in [-0.1, -0.05) is 0 Å². The molecule has 1 saturated carbocycles. The minimum atomic E-state index is -0.955. The fourth-order valence-electron chi connectivity index (χ4n) is 2.26. The van der Waals surface area contributed by atoms with Crippen LogP contribution in [0.4, 0.5) is 6.01 Å². The number of carboxylic acids is 1. The summed E-state index contributed by atoms with van der Waals surface area (Å²) in [4.78, 5) is 17.6. The molecular weight excluding hydrogens is 256 g/mol. The maximum atomic E-state index is 11.0. The van der Waals surface area contributed by atoms with Crippen molar-refractivity contribution in [3.8, 4) is 0 Å². The van der Waals surface area contributed by atoms with Crippen LogP contribution in [0.5, 0.6) is 0 Å². The highest BCUT2D eigenvalue weighted by molar-refractivity contribution is 5.92. The summed E-state index contributed by atoms with van der Waals surface area (Å²) >= 11 is 0. The first kappa shape index (κ1) is 13.0. The highest BCUT2D eigenvalue weighted by Gasteiger charge is 2.28. The number of hydrogen-bond donors (Lipinski definition) is 1. The molecule has 5 nitrogen and oxygen atoms in total. The molecule has 106 valence electrons. The normalized spacial score (nSPS) is 14.9. The number of rotatable bonds is 5. The van der Waals surface area contributed by atoms with Gasteiger partial charge in [-0.25, -0.2) is 4.79 Å². The van der Waals surface area contributed by atoms with E-state index in [0.29, 0.717) is 23.2 Å². The predicted octanol–water partition coefficient (Wildman–Crippen LogP) is 3.15. The van der Waals surface area contributed by atoms with Crippen LogP contribution < -0.4 is 4.90 Å². The fourth-order valence-corrected chi connectivity index (χ4v) is 2.26. The van der Waals surface area contributed by atoms with Gasteiger partial charge in [-0.15, -0.1) is 0 Å². The van der Waals surface area contributed by atoms with E-state index in [-0.39, 0.29) is 5.56 Å². The Morgan fingerprint density at radius 3 is 2.85 bits per heavy atom. The minimum absolute atomic E-state index is 0.221. The molecule has 1 fully saturated rings. The molecule has 0 aliphatic heterocycles. The Morgan fingerprint density at radius 2 is 2.25 bits per heavy atom. The molecular formula is C15H18N2O3. The third-order valence-electron chi connectivity index (χ3n) is 3.64. The van der Waals surface area contributed by atoms with Crippen LogP contribution >= 0.6 is 0 Å². The van der Waals surface area contributed by atoms with Gasteiger partial charge in [0, 0.05) is 12.6 Å². The molecule has 0 atom stereocenters. The Balaban J connectivity index is 1.95. The summed E-state index contributed by atoms with van der Waals surface area (Å²) < 4.78 is 5.76. The Morgan fingerprint density at radius 1 is 1.50 bits per heavy atom. The molecule has 0 spiro atoms. The monoisotopic (exact) mass is 274 g/mol. The molecule has 1 heterocycles. The van der Waals surface area contributed by atoms with E-state index < -0.39 is 5.97 Å². The second-order valence-electron chi connectivity index (χ2n) is 5.67. The van der Waals surface area contributed by atoms with E-state index in [2.05, 4.69) is 23.7 Å². The molecule has 5 heteroatoms. The molecule has 2 aromatic rings. The summed E-state index contributed by atoms with van der Waals surface area (Å²) in [5.74, 6) is -0.217. The highest BCUT2D eigenvalue weighted by atomic mass is 16.4. The summed E-state index contributed by atoms with van der Waals surface area (Å²) in [6.07, 6.45) is 2.54. The van der Waals surface area contributed by atoms with Gasteiger partial charge in [0.05, 0.1) is 5.56 Å². The second kappa shape index (κ2) is 4.81. The SMILES string of the molecule is CC(C)N(CC1CC1)c1nc2ccc(C(=O)O)cc2o1. The van der Waals surface area contributed by atoms with Gasteiger partial charge in [0.25, 0.3) is 6.01 Å². The molecule has 0 amide bonds. The van der Waals surface area contributed by atoms with Crippen LogP contribution in [-0.2, 0) is 0 Å². The zero-order valence-corrected chi connectivity index (χ0v) is 11.7. The van der Waals surface area contributed by atoms with Crippen LogP contribution in [0.25, 0.3) is 11.1 Å². The van der Waals surface area contributed by atoms with Crippen LogP contribution in [-0.4, -0.2) is 28.6 Å². The number of aromatic nitrogens is 1. The molecule has 20 heavy (non-hydrogen) atoms. The molecule has 0 radical (unpaired) electrons. The largest absolute Gasteiger partial charge is 0.478 e. The number of hydrogen-bond acceptors (Lipinski definition) is 4. The molecule has 0 saturated heterocycles. The van der Waals surface area contributed by atoms with Gasteiger partial charge in [-0.05, 0) is 50.8 Å². The quantitative estimate of drug-likeness (QED) is 0.907. The Kier molecular flexibility index (Phi) is 3.12. The lowest BCUT2D eigenvalue weighted by Crippen LogP contribution is -2.32. The van der Waals surface area contributed by atoms with Crippen molar-refractivity contribution in [1.82, 2.24) is 4.98 Å². The predicted molar refractivity (Wildman–Crippen MR) is 76.2 cm³/mol. The molecule has 3 rings (SSSR count). The standard InChI is InChI=1S/C15H18N2O3/c1-9(2)17(8-10-3-4-10)15-16-12-6-5-11(14(18)19)7-13(12)20-15/h5-7,9-10H,3-4,8H2,1-2H3,(H,18,19). The van der Waals surface area contributed by atoms with Gasteiger partial charge in [0.2, 0.25) is 0 Å². The summed E-state index contributed by atoms with van der Waals surface area (Å²) in [5.41, 5.74) is 1.45. The Bertz CT molecular complexity index is 644. The molecule has 1 N–H and O–H groups in total. The van der Waals surface area contributed by atoms with Crippen LogP contribution in [0.1, 0.15) is 37.0 Å². The number of benzene rings is 1. The second-order valence-corrected chi connectivity index (χ2v) is 5.67. The van der Waals surface area contributed by atoms with Crippen LogP contribution in [0.2, 0.25) is 0 Å². The molecule has 1 aliphatic rings. The van der Waals surface area contributed by atoms with Crippen molar-refractivity contribution in [2.45, 2.75) is 32.7 Å². The van der Waals surface area contributed by atoms with Gasteiger partial charge >= 0.3 is 5.97 Å². The molecule has 0 bridgehead atoms. The zero-order valence-electron chi connectivity index (χ0n) is 11.7. The smallest absolute Gasteiger partial charge is 0.335 e. The maximum Gasteiger partial charge on any atom is 0.335 e. The average molecular weight is 274 g/mol. The molecule has 1 aliphatic carbocycles. The maximum absolute atomic E-state index is 11.0. The van der Waals surface area contributed by atoms with E-state index >= 15 is 0 Å². The summed E-state index contributed by atoms with van der Waals surface area (Å²) in [6, 6.07) is 5.68. The van der Waals surface area contributed by atoms with Crippen LogP contribution in [0, 0.1) is 5.92 Å². The van der Waals surface area contributed by atoms with Crippen molar-refractivity contribution in [1.29, 1.82) is 0 Å². The van der Waals surface area contributed by atoms with Crippen molar-refractivity contribution in [2.75, 3.05) is 11.4 Å². The van der Waals surface area contributed by atoms with Gasteiger partial charge in [-0.2, -0.15) is 4.98 Å². The molecule has 0 unspecified atom stereocenters. The lowest BCUT2D eigenvalue weighted by molar-refractivity contribution is 0.0697. The number of oxazole rings is 1.